The van der Waals surface area contributed by atoms with Gasteiger partial charge >= 0.3 is 0 Å². The van der Waals surface area contributed by atoms with E-state index in [4.69, 9.17) is 4.74 Å². The molecule has 25 heavy (non-hydrogen) atoms. The molecule has 1 aromatic rings. The van der Waals surface area contributed by atoms with Crippen molar-refractivity contribution in [2.75, 3.05) is 46.4 Å². The van der Waals surface area contributed by atoms with Crippen LogP contribution in [0.3, 0.4) is 0 Å². The fourth-order valence-corrected chi connectivity index (χ4v) is 3.92. The molecule has 3 heterocycles. The Balaban J connectivity index is 1.67. The average Bonchev–Trinajstić information content (AvgIpc) is 3.00. The first kappa shape index (κ1) is 18.4. The molecule has 0 spiro atoms. The topological polar surface area (TPSA) is 62.6 Å². The quantitative estimate of drug-likeness (QED) is 0.842. The van der Waals surface area contributed by atoms with E-state index in [-0.39, 0.29) is 11.8 Å². The molecule has 3 rings (SSSR count). The van der Waals surface area contributed by atoms with Crippen molar-refractivity contribution in [1.82, 2.24) is 24.9 Å². The van der Waals surface area contributed by atoms with Crippen LogP contribution in [0, 0.1) is 5.92 Å². The van der Waals surface area contributed by atoms with Crippen molar-refractivity contribution < 1.29 is 9.53 Å². The number of carbonyl (C=O) groups is 1. The monoisotopic (exact) mass is 349 g/mol. The average molecular weight is 349 g/mol. The summed E-state index contributed by atoms with van der Waals surface area (Å²) in [4.78, 5) is 17.3. The highest BCUT2D eigenvalue weighted by Gasteiger charge is 2.31. The maximum absolute atomic E-state index is 12.4. The Kier molecular flexibility index (Phi) is 6.45. The van der Waals surface area contributed by atoms with Gasteiger partial charge in [0.1, 0.15) is 0 Å². The minimum absolute atomic E-state index is 0.0107. The molecular formula is C18H31N5O2. The fourth-order valence-electron chi connectivity index (χ4n) is 3.92. The van der Waals surface area contributed by atoms with Crippen LogP contribution in [-0.2, 0) is 22.6 Å². The molecule has 0 saturated carbocycles. The highest BCUT2D eigenvalue weighted by atomic mass is 16.5. The molecular weight excluding hydrogens is 318 g/mol. The van der Waals surface area contributed by atoms with Gasteiger partial charge in [0, 0.05) is 77.3 Å². The van der Waals surface area contributed by atoms with Crippen LogP contribution >= 0.6 is 0 Å². The molecule has 0 unspecified atom stereocenters. The summed E-state index contributed by atoms with van der Waals surface area (Å²) < 4.78 is 7.46. The number of aromatic nitrogens is 2. The highest BCUT2D eigenvalue weighted by Crippen LogP contribution is 2.20. The third kappa shape index (κ3) is 4.80. The van der Waals surface area contributed by atoms with Gasteiger partial charge in [-0.2, -0.15) is 5.10 Å². The third-order valence-corrected chi connectivity index (χ3v) is 5.38. The lowest BCUT2D eigenvalue weighted by Gasteiger charge is -2.34. The highest BCUT2D eigenvalue weighted by molar-refractivity contribution is 5.78. The molecule has 0 aromatic carbocycles. The van der Waals surface area contributed by atoms with E-state index in [1.165, 1.54) is 5.56 Å². The van der Waals surface area contributed by atoms with Gasteiger partial charge in [0.05, 0.1) is 12.1 Å². The normalized spacial score (nSPS) is 24.2. The molecule has 1 aromatic heterocycles. The van der Waals surface area contributed by atoms with Crippen LogP contribution in [-0.4, -0.2) is 78.0 Å². The predicted octanol–water partition coefficient (Wildman–Crippen LogP) is 0.562. The van der Waals surface area contributed by atoms with Gasteiger partial charge in [-0.1, -0.05) is 0 Å². The van der Waals surface area contributed by atoms with Crippen molar-refractivity contribution in [3.63, 3.8) is 0 Å². The Labute approximate surface area is 150 Å². The van der Waals surface area contributed by atoms with Gasteiger partial charge in [-0.05, 0) is 19.8 Å². The molecule has 0 aliphatic carbocycles. The van der Waals surface area contributed by atoms with Crippen molar-refractivity contribution in [2.45, 2.75) is 38.9 Å². The first-order valence-electron chi connectivity index (χ1n) is 9.46. The zero-order chi connectivity index (χ0) is 17.6. The van der Waals surface area contributed by atoms with Gasteiger partial charge in [-0.3, -0.25) is 19.3 Å². The molecule has 1 amide bonds. The van der Waals surface area contributed by atoms with Crippen LogP contribution < -0.4 is 5.32 Å². The summed E-state index contributed by atoms with van der Waals surface area (Å²) >= 11 is 0. The van der Waals surface area contributed by atoms with E-state index < -0.39 is 0 Å². The zero-order valence-electron chi connectivity index (χ0n) is 15.5. The van der Waals surface area contributed by atoms with Crippen LogP contribution in [0.1, 0.15) is 25.3 Å². The first-order valence-corrected chi connectivity index (χ1v) is 9.46. The first-order chi connectivity index (χ1) is 12.2. The van der Waals surface area contributed by atoms with Crippen LogP contribution in [0.25, 0.3) is 0 Å². The minimum Gasteiger partial charge on any atom is -0.381 e. The lowest BCUT2D eigenvalue weighted by Crippen LogP contribution is -2.45. The zero-order valence-corrected chi connectivity index (χ0v) is 15.5. The molecule has 140 valence electrons. The van der Waals surface area contributed by atoms with Crippen LogP contribution in [0.2, 0.25) is 0 Å². The lowest BCUT2D eigenvalue weighted by atomic mass is 10.0. The second-order valence-electron chi connectivity index (χ2n) is 7.09. The number of carbonyl (C=O) groups excluding carboxylic acids is 1. The Morgan fingerprint density at radius 3 is 2.80 bits per heavy atom. The van der Waals surface area contributed by atoms with E-state index >= 15 is 0 Å². The van der Waals surface area contributed by atoms with Gasteiger partial charge in [-0.25, -0.2) is 0 Å². The predicted molar refractivity (Wildman–Crippen MR) is 96.1 cm³/mol. The molecule has 2 aliphatic heterocycles. The molecule has 7 nitrogen and oxygen atoms in total. The molecule has 1 atom stereocenters. The molecule has 0 radical (unpaired) electrons. The standard InChI is InChI=1S/C18H31N5O2/c1-3-23-12-15(10-20-23)11-21-6-7-22(17-4-8-25-9-5-17)14-16(13-21)18(24)19-2/h10,12,16-17H,3-9,11,13-14H2,1-2H3,(H,19,24)/t16-/m1/s1. The van der Waals surface area contributed by atoms with Gasteiger partial charge in [0.15, 0.2) is 0 Å². The summed E-state index contributed by atoms with van der Waals surface area (Å²) in [7, 11) is 1.74. The van der Waals surface area contributed by atoms with Crippen molar-refractivity contribution >= 4 is 5.91 Å². The van der Waals surface area contributed by atoms with Crippen LogP contribution in [0.4, 0.5) is 0 Å². The van der Waals surface area contributed by atoms with Crippen LogP contribution in [0.15, 0.2) is 12.4 Å². The lowest BCUT2D eigenvalue weighted by molar-refractivity contribution is -0.125. The Bertz CT molecular complexity index is 555. The second kappa shape index (κ2) is 8.78. The van der Waals surface area contributed by atoms with Gasteiger partial charge in [0.2, 0.25) is 5.91 Å². The Morgan fingerprint density at radius 1 is 1.32 bits per heavy atom. The number of aryl methyl sites for hydroxylation is 1. The summed E-state index contributed by atoms with van der Waals surface area (Å²) in [6.07, 6.45) is 6.20. The number of amides is 1. The van der Waals surface area contributed by atoms with E-state index in [0.29, 0.717) is 6.04 Å². The summed E-state index contributed by atoms with van der Waals surface area (Å²) in [6, 6.07) is 0.545. The van der Waals surface area contributed by atoms with Crippen molar-refractivity contribution in [1.29, 1.82) is 0 Å². The molecule has 2 aliphatic rings. The summed E-state index contributed by atoms with van der Waals surface area (Å²) in [5.74, 6) is 0.157. The summed E-state index contributed by atoms with van der Waals surface area (Å²) in [5, 5.41) is 7.22. The maximum Gasteiger partial charge on any atom is 0.225 e. The maximum atomic E-state index is 12.4. The van der Waals surface area contributed by atoms with E-state index in [1.807, 2.05) is 10.9 Å². The van der Waals surface area contributed by atoms with Crippen molar-refractivity contribution in [3.8, 4) is 0 Å². The smallest absolute Gasteiger partial charge is 0.225 e. The fraction of sp³-hybridized carbons (Fsp3) is 0.778. The number of nitrogens with one attached hydrogen (secondary N) is 1. The van der Waals surface area contributed by atoms with Gasteiger partial charge < -0.3 is 10.1 Å². The molecule has 2 saturated heterocycles. The second-order valence-corrected chi connectivity index (χ2v) is 7.09. The molecule has 0 bridgehead atoms. The third-order valence-electron chi connectivity index (χ3n) is 5.38. The number of nitrogens with zero attached hydrogens (tertiary/aromatic N) is 4. The minimum atomic E-state index is 0.0107. The summed E-state index contributed by atoms with van der Waals surface area (Å²) in [6.45, 7) is 9.16. The molecule has 1 N–H and O–H groups in total. The summed E-state index contributed by atoms with van der Waals surface area (Å²) in [5.41, 5.74) is 1.22. The SMILES string of the molecule is CCn1cc(CN2CCN(C3CCOCC3)C[C@H](C(=O)NC)C2)cn1. The number of hydrogen-bond donors (Lipinski definition) is 1. The van der Waals surface area contributed by atoms with Gasteiger partial charge in [0.25, 0.3) is 0 Å². The largest absolute Gasteiger partial charge is 0.381 e. The number of ether oxygens (including phenoxy) is 1. The van der Waals surface area contributed by atoms with E-state index in [2.05, 4.69) is 33.3 Å². The number of rotatable bonds is 5. The van der Waals surface area contributed by atoms with Crippen LogP contribution in [0.5, 0.6) is 0 Å². The molecule has 2 fully saturated rings. The Morgan fingerprint density at radius 2 is 2.12 bits per heavy atom. The van der Waals surface area contributed by atoms with E-state index in [1.54, 1.807) is 7.05 Å². The van der Waals surface area contributed by atoms with E-state index in [0.717, 1.165) is 65.3 Å². The van der Waals surface area contributed by atoms with E-state index in [9.17, 15) is 4.79 Å². The van der Waals surface area contributed by atoms with Crippen molar-refractivity contribution in [3.05, 3.63) is 18.0 Å². The van der Waals surface area contributed by atoms with Crippen molar-refractivity contribution in [2.24, 2.45) is 5.92 Å². The molecule has 7 heteroatoms. The number of hydrogen-bond acceptors (Lipinski definition) is 5. The Hall–Kier alpha value is -1.44. The van der Waals surface area contributed by atoms with Gasteiger partial charge in [-0.15, -0.1) is 0 Å².